The standard InChI is InChI=1S/C10H11Cl2FN2/c11-7-4-8(12)9(13)3-6(7)10-5-14-1-2-15-10/h3-4,10,14-15H,1-2,5H2. The molecule has 2 rings (SSSR count). The fourth-order valence-electron chi connectivity index (χ4n) is 1.68. The highest BCUT2D eigenvalue weighted by Crippen LogP contribution is 2.28. The molecule has 0 spiro atoms. The van der Waals surface area contributed by atoms with Crippen LogP contribution in [0.1, 0.15) is 11.6 Å². The molecule has 1 heterocycles. The number of hydrogen-bond acceptors (Lipinski definition) is 2. The molecule has 1 aliphatic rings. The Morgan fingerprint density at radius 3 is 2.67 bits per heavy atom. The molecule has 0 bridgehead atoms. The second kappa shape index (κ2) is 4.66. The Bertz CT molecular complexity index is 365. The minimum absolute atomic E-state index is 0.0537. The summed E-state index contributed by atoms with van der Waals surface area (Å²) in [4.78, 5) is 0. The van der Waals surface area contributed by atoms with E-state index in [2.05, 4.69) is 10.6 Å². The van der Waals surface area contributed by atoms with Crippen molar-refractivity contribution in [3.63, 3.8) is 0 Å². The molecule has 0 radical (unpaired) electrons. The summed E-state index contributed by atoms with van der Waals surface area (Å²) in [6.07, 6.45) is 0. The maximum atomic E-state index is 13.3. The predicted molar refractivity (Wildman–Crippen MR) is 60.0 cm³/mol. The van der Waals surface area contributed by atoms with Crippen molar-refractivity contribution in [3.05, 3.63) is 33.6 Å². The molecule has 5 heteroatoms. The van der Waals surface area contributed by atoms with Crippen molar-refractivity contribution >= 4 is 23.2 Å². The van der Waals surface area contributed by atoms with Gasteiger partial charge in [-0.2, -0.15) is 0 Å². The van der Waals surface area contributed by atoms with Gasteiger partial charge >= 0.3 is 0 Å². The molecule has 1 saturated heterocycles. The van der Waals surface area contributed by atoms with Gasteiger partial charge in [0.2, 0.25) is 0 Å². The molecular formula is C10H11Cl2FN2. The average molecular weight is 249 g/mol. The molecule has 2 nitrogen and oxygen atoms in total. The van der Waals surface area contributed by atoms with Crippen LogP contribution in [0.5, 0.6) is 0 Å². The summed E-state index contributed by atoms with van der Waals surface area (Å²) < 4.78 is 13.3. The number of rotatable bonds is 1. The molecule has 82 valence electrons. The van der Waals surface area contributed by atoms with Crippen LogP contribution in [0.4, 0.5) is 4.39 Å². The number of piperazine rings is 1. The quantitative estimate of drug-likeness (QED) is 0.746. The van der Waals surface area contributed by atoms with Gasteiger partial charge in [0.05, 0.1) is 5.02 Å². The first kappa shape index (κ1) is 11.1. The fraction of sp³-hybridized carbons (Fsp3) is 0.400. The normalized spacial score (nSPS) is 21.7. The van der Waals surface area contributed by atoms with Crippen molar-refractivity contribution in [2.24, 2.45) is 0 Å². The Balaban J connectivity index is 2.30. The van der Waals surface area contributed by atoms with E-state index in [-0.39, 0.29) is 11.1 Å². The van der Waals surface area contributed by atoms with Crippen molar-refractivity contribution in [2.75, 3.05) is 19.6 Å². The molecule has 1 aromatic carbocycles. The summed E-state index contributed by atoms with van der Waals surface area (Å²) in [7, 11) is 0. The molecule has 1 atom stereocenters. The summed E-state index contributed by atoms with van der Waals surface area (Å²) in [6, 6.07) is 2.90. The highest BCUT2D eigenvalue weighted by Gasteiger charge is 2.18. The first-order valence-electron chi connectivity index (χ1n) is 4.77. The van der Waals surface area contributed by atoms with Crippen LogP contribution in [0.3, 0.4) is 0 Å². The molecule has 1 unspecified atom stereocenters. The van der Waals surface area contributed by atoms with E-state index < -0.39 is 5.82 Å². The van der Waals surface area contributed by atoms with Crippen LogP contribution in [0.15, 0.2) is 12.1 Å². The zero-order valence-corrected chi connectivity index (χ0v) is 9.50. The van der Waals surface area contributed by atoms with Crippen LogP contribution in [0.25, 0.3) is 0 Å². The maximum absolute atomic E-state index is 13.3. The lowest BCUT2D eigenvalue weighted by Gasteiger charge is -2.25. The van der Waals surface area contributed by atoms with E-state index in [0.717, 1.165) is 25.2 Å². The lowest BCUT2D eigenvalue weighted by atomic mass is 10.1. The minimum atomic E-state index is -0.427. The Morgan fingerprint density at radius 1 is 1.20 bits per heavy atom. The largest absolute Gasteiger partial charge is 0.314 e. The van der Waals surface area contributed by atoms with Gasteiger partial charge < -0.3 is 10.6 Å². The number of benzene rings is 1. The van der Waals surface area contributed by atoms with E-state index in [0.29, 0.717) is 5.02 Å². The third-order valence-electron chi connectivity index (χ3n) is 2.46. The van der Waals surface area contributed by atoms with Crippen molar-refractivity contribution in [3.8, 4) is 0 Å². The van der Waals surface area contributed by atoms with Gasteiger partial charge in [0.25, 0.3) is 0 Å². The van der Waals surface area contributed by atoms with Crippen molar-refractivity contribution in [1.82, 2.24) is 10.6 Å². The molecule has 0 saturated carbocycles. The molecule has 0 aliphatic carbocycles. The van der Waals surface area contributed by atoms with Crippen molar-refractivity contribution < 1.29 is 4.39 Å². The highest BCUT2D eigenvalue weighted by molar-refractivity contribution is 6.35. The van der Waals surface area contributed by atoms with E-state index >= 15 is 0 Å². The maximum Gasteiger partial charge on any atom is 0.142 e. The third kappa shape index (κ3) is 2.42. The zero-order chi connectivity index (χ0) is 10.8. The molecule has 0 aromatic heterocycles. The Morgan fingerprint density at radius 2 is 2.00 bits per heavy atom. The number of halogens is 3. The second-order valence-electron chi connectivity index (χ2n) is 3.50. The number of hydrogen-bond donors (Lipinski definition) is 2. The van der Waals surface area contributed by atoms with Gasteiger partial charge in [-0.25, -0.2) is 4.39 Å². The first-order valence-corrected chi connectivity index (χ1v) is 5.52. The van der Waals surface area contributed by atoms with E-state index in [1.54, 1.807) is 0 Å². The minimum Gasteiger partial charge on any atom is -0.314 e. The molecule has 1 aromatic rings. The first-order chi connectivity index (χ1) is 7.18. The zero-order valence-electron chi connectivity index (χ0n) is 7.99. The molecular weight excluding hydrogens is 238 g/mol. The van der Waals surface area contributed by atoms with Gasteiger partial charge in [-0.15, -0.1) is 0 Å². The third-order valence-corrected chi connectivity index (χ3v) is 3.07. The highest BCUT2D eigenvalue weighted by atomic mass is 35.5. The summed E-state index contributed by atoms with van der Waals surface area (Å²) in [5.41, 5.74) is 0.755. The van der Waals surface area contributed by atoms with Gasteiger partial charge in [0.1, 0.15) is 5.82 Å². The van der Waals surface area contributed by atoms with Crippen molar-refractivity contribution in [2.45, 2.75) is 6.04 Å². The van der Waals surface area contributed by atoms with E-state index in [9.17, 15) is 4.39 Å². The second-order valence-corrected chi connectivity index (χ2v) is 4.31. The van der Waals surface area contributed by atoms with Gasteiger partial charge in [-0.05, 0) is 17.7 Å². The van der Waals surface area contributed by atoms with E-state index in [1.165, 1.54) is 12.1 Å². The predicted octanol–water partition coefficient (Wildman–Crippen LogP) is 2.37. The Hall–Kier alpha value is -0.350. The molecule has 2 N–H and O–H groups in total. The summed E-state index contributed by atoms with van der Waals surface area (Å²) in [5.74, 6) is -0.427. The monoisotopic (exact) mass is 248 g/mol. The Labute approximate surface area is 97.8 Å². The topological polar surface area (TPSA) is 24.1 Å². The van der Waals surface area contributed by atoms with Gasteiger partial charge in [-0.3, -0.25) is 0 Å². The molecule has 1 aliphatic heterocycles. The SMILES string of the molecule is Fc1cc(C2CNCCN2)c(Cl)cc1Cl. The van der Waals surface area contributed by atoms with Crippen LogP contribution < -0.4 is 10.6 Å². The summed E-state index contributed by atoms with van der Waals surface area (Å²) in [5, 5.41) is 7.05. The molecule has 1 fully saturated rings. The van der Waals surface area contributed by atoms with E-state index in [4.69, 9.17) is 23.2 Å². The van der Waals surface area contributed by atoms with Crippen LogP contribution in [-0.2, 0) is 0 Å². The van der Waals surface area contributed by atoms with E-state index in [1.807, 2.05) is 0 Å². The number of nitrogens with one attached hydrogen (secondary N) is 2. The van der Waals surface area contributed by atoms with Crippen LogP contribution >= 0.6 is 23.2 Å². The molecule has 15 heavy (non-hydrogen) atoms. The lowest BCUT2D eigenvalue weighted by molar-refractivity contribution is 0.429. The average Bonchev–Trinajstić information content (AvgIpc) is 2.25. The fourth-order valence-corrected chi connectivity index (χ4v) is 2.19. The Kier molecular flexibility index (Phi) is 3.46. The molecule has 0 amide bonds. The van der Waals surface area contributed by atoms with Gasteiger partial charge in [0.15, 0.2) is 0 Å². The summed E-state index contributed by atoms with van der Waals surface area (Å²) in [6.45, 7) is 2.52. The smallest absolute Gasteiger partial charge is 0.142 e. The van der Waals surface area contributed by atoms with Crippen LogP contribution in [0.2, 0.25) is 10.0 Å². The van der Waals surface area contributed by atoms with Crippen LogP contribution in [-0.4, -0.2) is 19.6 Å². The van der Waals surface area contributed by atoms with Crippen LogP contribution in [0, 0.1) is 5.82 Å². The lowest BCUT2D eigenvalue weighted by Crippen LogP contribution is -2.42. The van der Waals surface area contributed by atoms with Gasteiger partial charge in [-0.1, -0.05) is 23.2 Å². The van der Waals surface area contributed by atoms with Crippen molar-refractivity contribution in [1.29, 1.82) is 0 Å². The van der Waals surface area contributed by atoms with Gasteiger partial charge in [0, 0.05) is 30.7 Å². The summed E-state index contributed by atoms with van der Waals surface area (Å²) >= 11 is 11.6.